The van der Waals surface area contributed by atoms with Crippen LogP contribution < -0.4 is 16.0 Å². The summed E-state index contributed by atoms with van der Waals surface area (Å²) in [6.45, 7) is 7.42. The van der Waals surface area contributed by atoms with Crippen molar-refractivity contribution in [1.29, 1.82) is 0 Å². The molecular weight excluding hydrogens is 475 g/mol. The first kappa shape index (κ1) is 23.5. The van der Waals surface area contributed by atoms with E-state index in [-0.39, 0.29) is 23.5 Å². The van der Waals surface area contributed by atoms with Crippen LogP contribution in [-0.4, -0.2) is 40.9 Å². The molecule has 0 saturated carbocycles. The van der Waals surface area contributed by atoms with Gasteiger partial charge in [-0.2, -0.15) is 13.2 Å². The number of carbonyl (C=O) groups excluding carboxylic acids is 1. The predicted molar refractivity (Wildman–Crippen MR) is 117 cm³/mol. The lowest BCUT2D eigenvalue weighted by atomic mass is 9.99. The molecule has 3 N–H and O–H groups in total. The number of nitrogens with zero attached hydrogens (tertiary/aromatic N) is 3. The highest BCUT2D eigenvalue weighted by atomic mass is 79.9. The molecule has 1 aliphatic rings. The lowest BCUT2D eigenvalue weighted by molar-refractivity contribution is -0.138. The molecule has 6 nitrogen and oxygen atoms in total. The second-order valence-corrected chi connectivity index (χ2v) is 9.19. The zero-order chi connectivity index (χ0) is 22.9. The quantitative estimate of drug-likeness (QED) is 0.597. The van der Waals surface area contributed by atoms with E-state index in [4.69, 9.17) is 5.73 Å². The van der Waals surface area contributed by atoms with Crippen LogP contribution in [0.3, 0.4) is 0 Å². The van der Waals surface area contributed by atoms with Crippen LogP contribution in [0.4, 0.5) is 24.8 Å². The molecule has 2 aromatic heterocycles. The van der Waals surface area contributed by atoms with Gasteiger partial charge < -0.3 is 16.0 Å². The number of aromatic nitrogens is 2. The van der Waals surface area contributed by atoms with Gasteiger partial charge in [-0.1, -0.05) is 13.8 Å². The Kier molecular flexibility index (Phi) is 6.90. The van der Waals surface area contributed by atoms with Crippen LogP contribution in [0.5, 0.6) is 0 Å². The number of pyridine rings is 2. The van der Waals surface area contributed by atoms with E-state index in [0.29, 0.717) is 29.3 Å². The van der Waals surface area contributed by atoms with Gasteiger partial charge in [-0.3, -0.25) is 4.79 Å². The third-order valence-electron chi connectivity index (χ3n) is 5.07. The minimum absolute atomic E-state index is 0.129. The highest BCUT2D eigenvalue weighted by Gasteiger charge is 2.38. The number of nitrogen functional groups attached to an aromatic ring is 1. The summed E-state index contributed by atoms with van der Waals surface area (Å²) in [4.78, 5) is 23.0. The largest absolute Gasteiger partial charge is 0.418 e. The van der Waals surface area contributed by atoms with Gasteiger partial charge >= 0.3 is 6.18 Å². The summed E-state index contributed by atoms with van der Waals surface area (Å²) < 4.78 is 41.5. The van der Waals surface area contributed by atoms with Crippen molar-refractivity contribution in [3.63, 3.8) is 0 Å². The lowest BCUT2D eigenvalue weighted by Crippen LogP contribution is -2.56. The first-order chi connectivity index (χ1) is 14.5. The molecule has 10 heteroatoms. The fourth-order valence-electron chi connectivity index (χ4n) is 3.86. The number of anilines is 2. The second-order valence-electron chi connectivity index (χ2n) is 8.28. The van der Waals surface area contributed by atoms with Gasteiger partial charge in [0.1, 0.15) is 17.3 Å². The first-order valence-electron chi connectivity index (χ1n) is 10.0. The van der Waals surface area contributed by atoms with Gasteiger partial charge in [0.2, 0.25) is 5.78 Å². The van der Waals surface area contributed by atoms with Crippen LogP contribution in [-0.2, 0) is 6.18 Å². The summed E-state index contributed by atoms with van der Waals surface area (Å²) in [5.74, 6) is -0.266. The first-order valence-corrected chi connectivity index (χ1v) is 10.8. The average Bonchev–Trinajstić information content (AvgIpc) is 2.67. The van der Waals surface area contributed by atoms with Crippen molar-refractivity contribution in [2.75, 3.05) is 23.7 Å². The maximum Gasteiger partial charge on any atom is 0.418 e. The summed E-state index contributed by atoms with van der Waals surface area (Å²) >= 11 is 3.18. The number of halogens is 4. The van der Waals surface area contributed by atoms with Crippen LogP contribution in [0.1, 0.15) is 48.8 Å². The van der Waals surface area contributed by atoms with E-state index < -0.39 is 23.2 Å². The van der Waals surface area contributed by atoms with Gasteiger partial charge in [0.25, 0.3) is 0 Å². The van der Waals surface area contributed by atoms with E-state index in [1.54, 1.807) is 0 Å². The molecule has 0 aliphatic carbocycles. The number of rotatable bonds is 5. The number of piperazine rings is 1. The topological polar surface area (TPSA) is 84.1 Å². The summed E-state index contributed by atoms with van der Waals surface area (Å²) in [5.41, 5.74) is 3.87. The molecular formula is C21H25BrF3N5O. The molecule has 3 rings (SSSR count). The van der Waals surface area contributed by atoms with E-state index in [1.165, 1.54) is 18.3 Å². The molecule has 0 unspecified atom stereocenters. The SMILES string of the molecule is CC(C)C[C@H]1CN(c2ccc(C(F)(F)F)c(C(=O)c3cc(Br)cnc3N)n2)C[C@H](C)N1. The number of nitrogens with one attached hydrogen (secondary N) is 1. The molecule has 1 fully saturated rings. The van der Waals surface area contributed by atoms with E-state index in [2.05, 4.69) is 45.1 Å². The maximum absolute atomic E-state index is 13.7. The Morgan fingerprint density at radius 3 is 2.71 bits per heavy atom. The highest BCUT2D eigenvalue weighted by Crippen LogP contribution is 2.34. The Bertz CT molecular complexity index is 965. The molecule has 0 radical (unpaired) electrons. The third-order valence-corrected chi connectivity index (χ3v) is 5.50. The summed E-state index contributed by atoms with van der Waals surface area (Å²) in [7, 11) is 0. The van der Waals surface area contributed by atoms with Gasteiger partial charge in [-0.05, 0) is 53.4 Å². The Hall–Kier alpha value is -2.20. The number of alkyl halides is 3. The van der Waals surface area contributed by atoms with Crippen LogP contribution in [0.25, 0.3) is 0 Å². The third kappa shape index (κ3) is 5.54. The Morgan fingerprint density at radius 1 is 1.35 bits per heavy atom. The number of hydrogen-bond acceptors (Lipinski definition) is 6. The summed E-state index contributed by atoms with van der Waals surface area (Å²) in [6.07, 6.45) is -2.44. The van der Waals surface area contributed by atoms with Crippen LogP contribution in [0.15, 0.2) is 28.9 Å². The van der Waals surface area contributed by atoms with E-state index >= 15 is 0 Å². The minimum Gasteiger partial charge on any atom is -0.383 e. The van der Waals surface area contributed by atoms with Gasteiger partial charge in [0, 0.05) is 35.8 Å². The maximum atomic E-state index is 13.7. The second kappa shape index (κ2) is 9.12. The number of nitrogens with two attached hydrogens (primary N) is 1. The predicted octanol–water partition coefficient (Wildman–Crippen LogP) is 4.28. The van der Waals surface area contributed by atoms with Crippen molar-refractivity contribution in [3.05, 3.63) is 45.7 Å². The van der Waals surface area contributed by atoms with Gasteiger partial charge in [-0.25, -0.2) is 9.97 Å². The molecule has 0 spiro atoms. The molecule has 1 saturated heterocycles. The molecule has 0 bridgehead atoms. The minimum atomic E-state index is -4.73. The molecule has 168 valence electrons. The van der Waals surface area contributed by atoms with E-state index in [9.17, 15) is 18.0 Å². The van der Waals surface area contributed by atoms with Crippen LogP contribution in [0, 0.1) is 5.92 Å². The standard InChI is InChI=1S/C21H25BrF3N5O/c1-11(2)6-14-10-30(9-12(3)28-14)17-5-4-16(21(23,24)25)18(29-17)19(31)15-7-13(22)8-27-20(15)26/h4-5,7-8,11-12,14,28H,6,9-10H2,1-3H3,(H2,26,27)/t12-,14-/m0/s1. The Labute approximate surface area is 187 Å². The molecule has 1 aliphatic heterocycles. The molecule has 3 heterocycles. The van der Waals surface area contributed by atoms with Crippen molar-refractivity contribution >= 4 is 33.3 Å². The normalized spacial score (nSPS) is 19.7. The van der Waals surface area contributed by atoms with Crippen molar-refractivity contribution in [1.82, 2.24) is 15.3 Å². The fraction of sp³-hybridized carbons (Fsp3) is 0.476. The highest BCUT2D eigenvalue weighted by molar-refractivity contribution is 9.10. The van der Waals surface area contributed by atoms with Crippen LogP contribution in [0.2, 0.25) is 0 Å². The van der Waals surface area contributed by atoms with Crippen molar-refractivity contribution in [3.8, 4) is 0 Å². The van der Waals surface area contributed by atoms with Gasteiger partial charge in [0.05, 0.1) is 11.1 Å². The van der Waals surface area contributed by atoms with Crippen molar-refractivity contribution < 1.29 is 18.0 Å². The molecule has 0 aromatic carbocycles. The lowest BCUT2D eigenvalue weighted by Gasteiger charge is -2.39. The summed E-state index contributed by atoms with van der Waals surface area (Å²) in [5, 5.41) is 3.51. The summed E-state index contributed by atoms with van der Waals surface area (Å²) in [6, 6.07) is 3.90. The zero-order valence-corrected chi connectivity index (χ0v) is 19.1. The van der Waals surface area contributed by atoms with Crippen LogP contribution >= 0.6 is 15.9 Å². The van der Waals surface area contributed by atoms with E-state index in [0.717, 1.165) is 12.5 Å². The Morgan fingerprint density at radius 2 is 2.06 bits per heavy atom. The van der Waals surface area contributed by atoms with Gasteiger partial charge in [0.15, 0.2) is 0 Å². The zero-order valence-electron chi connectivity index (χ0n) is 17.5. The fourth-order valence-corrected chi connectivity index (χ4v) is 4.19. The number of hydrogen-bond donors (Lipinski definition) is 2. The molecule has 2 aromatic rings. The molecule has 0 amide bonds. The number of ketones is 1. The number of carbonyl (C=O) groups is 1. The smallest absolute Gasteiger partial charge is 0.383 e. The van der Waals surface area contributed by atoms with Crippen molar-refractivity contribution in [2.24, 2.45) is 5.92 Å². The van der Waals surface area contributed by atoms with Gasteiger partial charge in [-0.15, -0.1) is 0 Å². The van der Waals surface area contributed by atoms with Crippen molar-refractivity contribution in [2.45, 2.75) is 45.5 Å². The monoisotopic (exact) mass is 499 g/mol. The average molecular weight is 500 g/mol. The Balaban J connectivity index is 2.03. The molecule has 2 atom stereocenters. The molecule has 31 heavy (non-hydrogen) atoms. The van der Waals surface area contributed by atoms with E-state index in [1.807, 2.05) is 11.8 Å².